The summed E-state index contributed by atoms with van der Waals surface area (Å²) in [6.07, 6.45) is 0.280. The molecule has 3 rings (SSSR count). The second kappa shape index (κ2) is 9.36. The number of aryl methyl sites for hydroxylation is 2. The van der Waals surface area contributed by atoms with Crippen molar-refractivity contribution in [3.05, 3.63) is 35.6 Å². The van der Waals surface area contributed by atoms with Crippen molar-refractivity contribution < 1.29 is 29.1 Å². The summed E-state index contributed by atoms with van der Waals surface area (Å²) in [5.41, 5.74) is 0.559. The maximum Gasteiger partial charge on any atom is 0.325 e. The van der Waals surface area contributed by atoms with Crippen LogP contribution in [0.15, 0.2) is 28.8 Å². The Kier molecular flexibility index (Phi) is 6.81. The molecule has 2 amide bonds. The lowest BCUT2D eigenvalue weighted by atomic mass is 9.95. The SMILES string of the molecule is Cc1cc(NC(=O)Nc2cc(CCC(=O)O)ccc2N2CCOC[C@@]2(O)C(C)C)no1. The zero-order valence-corrected chi connectivity index (χ0v) is 17.8. The van der Waals surface area contributed by atoms with Crippen LogP contribution in [0.5, 0.6) is 0 Å². The van der Waals surface area contributed by atoms with Gasteiger partial charge < -0.3 is 29.7 Å². The van der Waals surface area contributed by atoms with Gasteiger partial charge in [-0.1, -0.05) is 25.1 Å². The van der Waals surface area contributed by atoms with E-state index in [0.717, 1.165) is 5.56 Å². The van der Waals surface area contributed by atoms with E-state index in [-0.39, 0.29) is 24.8 Å². The van der Waals surface area contributed by atoms with Gasteiger partial charge in [0.25, 0.3) is 0 Å². The Bertz CT molecular complexity index is 944. The van der Waals surface area contributed by atoms with Crippen molar-refractivity contribution in [2.75, 3.05) is 35.3 Å². The fourth-order valence-corrected chi connectivity index (χ4v) is 3.48. The summed E-state index contributed by atoms with van der Waals surface area (Å²) < 4.78 is 10.5. The maximum absolute atomic E-state index is 12.6. The third-order valence-corrected chi connectivity index (χ3v) is 5.26. The van der Waals surface area contributed by atoms with Crippen LogP contribution in [-0.4, -0.2) is 52.9 Å². The van der Waals surface area contributed by atoms with Crippen molar-refractivity contribution in [3.8, 4) is 0 Å². The Balaban J connectivity index is 1.91. The highest BCUT2D eigenvalue weighted by atomic mass is 16.5. The van der Waals surface area contributed by atoms with Gasteiger partial charge in [-0.15, -0.1) is 0 Å². The number of urea groups is 1. The van der Waals surface area contributed by atoms with Crippen molar-refractivity contribution in [2.45, 2.75) is 39.3 Å². The largest absolute Gasteiger partial charge is 0.481 e. The van der Waals surface area contributed by atoms with Crippen LogP contribution in [0.25, 0.3) is 0 Å². The summed E-state index contributed by atoms with van der Waals surface area (Å²) in [5.74, 6) is -0.218. The molecule has 1 saturated heterocycles. The number of amides is 2. The van der Waals surface area contributed by atoms with Crippen LogP contribution in [0.1, 0.15) is 31.6 Å². The van der Waals surface area contributed by atoms with Gasteiger partial charge in [0.05, 0.1) is 24.6 Å². The average Bonchev–Trinajstić information content (AvgIpc) is 3.11. The highest BCUT2D eigenvalue weighted by Crippen LogP contribution is 2.36. The smallest absolute Gasteiger partial charge is 0.325 e. The number of aromatic nitrogens is 1. The number of aliphatic carboxylic acids is 1. The van der Waals surface area contributed by atoms with E-state index in [9.17, 15) is 14.7 Å². The number of carbonyl (C=O) groups is 2. The standard InChI is InChI=1S/C21H28N4O6/c1-13(2)21(29)12-30-9-8-25(21)17-6-4-15(5-7-19(26)27)11-16(17)22-20(28)23-18-10-14(3)31-24-18/h4,6,10-11,13,29H,5,7-9,12H2,1-3H3,(H,26,27)(H2,22,23,24,28)/t21-/m1/s1. The first kappa shape index (κ1) is 22.6. The summed E-state index contributed by atoms with van der Waals surface area (Å²) in [7, 11) is 0. The Morgan fingerprint density at radius 2 is 2.06 bits per heavy atom. The monoisotopic (exact) mass is 432 g/mol. The van der Waals surface area contributed by atoms with E-state index in [2.05, 4.69) is 15.8 Å². The molecule has 1 aliphatic heterocycles. The molecule has 31 heavy (non-hydrogen) atoms. The molecule has 1 aliphatic rings. The lowest BCUT2D eigenvalue weighted by Crippen LogP contribution is -2.60. The third kappa shape index (κ3) is 5.33. The number of carboxylic acid groups (broad SMARTS) is 1. The van der Waals surface area contributed by atoms with Crippen molar-refractivity contribution in [2.24, 2.45) is 5.92 Å². The van der Waals surface area contributed by atoms with Crippen molar-refractivity contribution in [1.29, 1.82) is 0 Å². The maximum atomic E-state index is 12.6. The van der Waals surface area contributed by atoms with Gasteiger partial charge in [-0.25, -0.2) is 4.79 Å². The van der Waals surface area contributed by atoms with E-state index in [1.165, 1.54) is 0 Å². The number of morpholine rings is 1. The quantitative estimate of drug-likeness (QED) is 0.524. The van der Waals surface area contributed by atoms with Crippen molar-refractivity contribution in [1.82, 2.24) is 5.16 Å². The molecule has 1 fully saturated rings. The van der Waals surface area contributed by atoms with E-state index in [0.29, 0.717) is 36.7 Å². The number of ether oxygens (including phenoxy) is 1. The first-order chi connectivity index (χ1) is 14.7. The van der Waals surface area contributed by atoms with Gasteiger partial charge >= 0.3 is 12.0 Å². The fourth-order valence-electron chi connectivity index (χ4n) is 3.48. The summed E-state index contributed by atoms with van der Waals surface area (Å²) in [6.45, 7) is 6.51. The average molecular weight is 432 g/mol. The van der Waals surface area contributed by atoms with Crippen LogP contribution >= 0.6 is 0 Å². The summed E-state index contributed by atoms with van der Waals surface area (Å²) >= 11 is 0. The van der Waals surface area contributed by atoms with Gasteiger partial charge in [0, 0.05) is 24.9 Å². The molecule has 0 unspecified atom stereocenters. The van der Waals surface area contributed by atoms with Crippen LogP contribution in [0.3, 0.4) is 0 Å². The number of anilines is 3. The molecule has 0 saturated carbocycles. The van der Waals surface area contributed by atoms with Crippen molar-refractivity contribution in [3.63, 3.8) is 0 Å². The number of hydrogen-bond donors (Lipinski definition) is 4. The third-order valence-electron chi connectivity index (χ3n) is 5.26. The predicted octanol–water partition coefficient (Wildman–Crippen LogP) is 2.83. The van der Waals surface area contributed by atoms with E-state index in [4.69, 9.17) is 14.4 Å². The number of aliphatic hydroxyl groups is 1. The molecule has 1 aromatic carbocycles. The minimum atomic E-state index is -1.25. The normalized spacial score (nSPS) is 18.8. The van der Waals surface area contributed by atoms with Gasteiger partial charge in [-0.3, -0.25) is 10.1 Å². The van der Waals surface area contributed by atoms with Crippen LogP contribution in [-0.2, 0) is 16.0 Å². The topological polar surface area (TPSA) is 137 Å². The molecular formula is C21H28N4O6. The Morgan fingerprint density at radius 1 is 1.29 bits per heavy atom. The predicted molar refractivity (Wildman–Crippen MR) is 114 cm³/mol. The molecule has 4 N–H and O–H groups in total. The van der Waals surface area contributed by atoms with Gasteiger partial charge in [-0.2, -0.15) is 0 Å². The number of benzene rings is 1. The number of carboxylic acids is 1. The second-order valence-electron chi connectivity index (χ2n) is 7.88. The van der Waals surface area contributed by atoms with E-state index in [1.807, 2.05) is 18.7 Å². The first-order valence-electron chi connectivity index (χ1n) is 10.1. The number of nitrogens with one attached hydrogen (secondary N) is 2. The number of carbonyl (C=O) groups excluding carboxylic acids is 1. The minimum Gasteiger partial charge on any atom is -0.481 e. The van der Waals surface area contributed by atoms with Gasteiger partial charge in [0.1, 0.15) is 5.76 Å². The van der Waals surface area contributed by atoms with E-state index in [1.54, 1.807) is 31.2 Å². The first-order valence-corrected chi connectivity index (χ1v) is 10.1. The molecule has 10 nitrogen and oxygen atoms in total. The zero-order valence-electron chi connectivity index (χ0n) is 17.8. The fraction of sp³-hybridized carbons (Fsp3) is 0.476. The molecule has 0 radical (unpaired) electrons. The molecule has 1 atom stereocenters. The number of hydrogen-bond acceptors (Lipinski definition) is 7. The summed E-state index contributed by atoms with van der Waals surface area (Å²) in [5, 5.41) is 29.4. The summed E-state index contributed by atoms with van der Waals surface area (Å²) in [4.78, 5) is 25.4. The van der Waals surface area contributed by atoms with Crippen LogP contribution in [0, 0.1) is 12.8 Å². The second-order valence-corrected chi connectivity index (χ2v) is 7.88. The molecule has 1 aromatic heterocycles. The van der Waals surface area contributed by atoms with Gasteiger partial charge in [0.15, 0.2) is 11.5 Å². The highest BCUT2D eigenvalue weighted by Gasteiger charge is 2.41. The molecule has 168 valence electrons. The molecule has 0 bridgehead atoms. The number of rotatable bonds is 7. The van der Waals surface area contributed by atoms with Crippen LogP contribution in [0.2, 0.25) is 0 Å². The van der Waals surface area contributed by atoms with Crippen molar-refractivity contribution >= 4 is 29.2 Å². The van der Waals surface area contributed by atoms with E-state index >= 15 is 0 Å². The van der Waals surface area contributed by atoms with E-state index < -0.39 is 17.7 Å². The highest BCUT2D eigenvalue weighted by molar-refractivity contribution is 6.01. The molecule has 0 spiro atoms. The lowest BCUT2D eigenvalue weighted by Gasteiger charge is -2.47. The zero-order chi connectivity index (χ0) is 22.6. The summed E-state index contributed by atoms with van der Waals surface area (Å²) in [6, 6.07) is 6.36. The molecule has 2 aromatic rings. The van der Waals surface area contributed by atoms with Crippen LogP contribution < -0.4 is 15.5 Å². The Hall–Kier alpha value is -3.11. The molecular weight excluding hydrogens is 404 g/mol. The molecule has 0 aliphatic carbocycles. The van der Waals surface area contributed by atoms with Gasteiger partial charge in [-0.05, 0) is 31.0 Å². The van der Waals surface area contributed by atoms with Gasteiger partial charge in [0.2, 0.25) is 0 Å². The number of nitrogens with zero attached hydrogens (tertiary/aromatic N) is 2. The molecule has 10 heteroatoms. The van der Waals surface area contributed by atoms with Crippen LogP contribution in [0.4, 0.5) is 22.0 Å². The lowest BCUT2D eigenvalue weighted by molar-refractivity contribution is -0.136. The Labute approximate surface area is 180 Å². The minimum absolute atomic E-state index is 0.0311. The Morgan fingerprint density at radius 3 is 2.71 bits per heavy atom. The molecule has 2 heterocycles.